The smallest absolute Gasteiger partial charge is 0.387 e. The minimum atomic E-state index is -2.89. The number of carbonyl (C=O) groups is 2. The van der Waals surface area contributed by atoms with E-state index >= 15 is 0 Å². The third-order valence-corrected chi connectivity index (χ3v) is 4.61. The van der Waals surface area contributed by atoms with Crippen molar-refractivity contribution >= 4 is 11.8 Å². The summed E-state index contributed by atoms with van der Waals surface area (Å²) in [6.07, 6.45) is 6.20. The van der Waals surface area contributed by atoms with Crippen LogP contribution in [0.4, 0.5) is 8.78 Å². The van der Waals surface area contributed by atoms with Gasteiger partial charge < -0.3 is 15.4 Å². The van der Waals surface area contributed by atoms with E-state index in [4.69, 9.17) is 0 Å². The van der Waals surface area contributed by atoms with Crippen molar-refractivity contribution in [2.75, 3.05) is 6.54 Å². The Morgan fingerprint density at radius 2 is 1.92 bits per heavy atom. The largest absolute Gasteiger partial charge is 0.435 e. The van der Waals surface area contributed by atoms with Crippen molar-refractivity contribution in [2.24, 2.45) is 5.92 Å². The molecule has 0 heterocycles. The van der Waals surface area contributed by atoms with Gasteiger partial charge in [-0.25, -0.2) is 0 Å². The van der Waals surface area contributed by atoms with Gasteiger partial charge in [-0.2, -0.15) is 8.78 Å². The molecule has 1 saturated carbocycles. The lowest BCUT2D eigenvalue weighted by atomic mass is 9.87. The van der Waals surface area contributed by atoms with E-state index < -0.39 is 6.61 Å². The Morgan fingerprint density at radius 1 is 1.19 bits per heavy atom. The summed E-state index contributed by atoms with van der Waals surface area (Å²) in [5.41, 5.74) is 0.644. The maximum atomic E-state index is 12.3. The van der Waals surface area contributed by atoms with Crippen LogP contribution in [0, 0.1) is 5.92 Å². The normalized spacial score (nSPS) is 16.2. The van der Waals surface area contributed by atoms with E-state index in [9.17, 15) is 18.4 Å². The fourth-order valence-electron chi connectivity index (χ4n) is 3.24. The molecule has 1 fully saturated rings. The molecule has 2 amide bonds. The van der Waals surface area contributed by atoms with Gasteiger partial charge in [-0.15, -0.1) is 0 Å². The molecule has 0 bridgehead atoms. The van der Waals surface area contributed by atoms with Gasteiger partial charge >= 0.3 is 6.61 Å². The fourth-order valence-corrected chi connectivity index (χ4v) is 3.24. The van der Waals surface area contributed by atoms with Gasteiger partial charge in [-0.05, 0) is 43.4 Å². The van der Waals surface area contributed by atoms with E-state index in [0.29, 0.717) is 17.9 Å². The molecule has 5 nitrogen and oxygen atoms in total. The first kappa shape index (κ1) is 20.1. The summed E-state index contributed by atoms with van der Waals surface area (Å²) in [5.74, 6) is 0.0319. The molecule has 0 spiro atoms. The number of rotatable bonds is 8. The van der Waals surface area contributed by atoms with Gasteiger partial charge in [0, 0.05) is 6.42 Å². The van der Waals surface area contributed by atoms with Crippen LogP contribution in [0.5, 0.6) is 5.75 Å². The average Bonchev–Trinajstić information content (AvgIpc) is 2.60. The van der Waals surface area contributed by atoms with Gasteiger partial charge in [0.25, 0.3) is 0 Å². The monoisotopic (exact) mass is 368 g/mol. The van der Waals surface area contributed by atoms with Crippen molar-refractivity contribution in [2.45, 2.75) is 58.1 Å². The quantitative estimate of drug-likeness (QED) is 0.737. The Balaban J connectivity index is 1.75. The lowest BCUT2D eigenvalue weighted by Gasteiger charge is -2.21. The lowest BCUT2D eigenvalue weighted by Crippen LogP contribution is -2.38. The van der Waals surface area contributed by atoms with Crippen LogP contribution in [-0.4, -0.2) is 25.0 Å². The first-order chi connectivity index (χ1) is 12.4. The molecule has 2 rings (SSSR count). The highest BCUT2D eigenvalue weighted by Gasteiger charge is 2.18. The highest BCUT2D eigenvalue weighted by molar-refractivity contribution is 5.84. The average molecular weight is 368 g/mol. The number of alkyl halides is 2. The van der Waals surface area contributed by atoms with E-state index in [-0.39, 0.29) is 30.2 Å². The highest BCUT2D eigenvalue weighted by Crippen LogP contribution is 2.26. The number of amides is 2. The zero-order chi connectivity index (χ0) is 18.9. The van der Waals surface area contributed by atoms with E-state index in [0.717, 1.165) is 12.8 Å². The Bertz CT molecular complexity index is 604. The van der Waals surface area contributed by atoms with Crippen molar-refractivity contribution < 1.29 is 23.1 Å². The number of carbonyl (C=O) groups excluding carboxylic acids is 2. The van der Waals surface area contributed by atoms with E-state index in [1.165, 1.54) is 31.4 Å². The van der Waals surface area contributed by atoms with E-state index in [1.807, 2.05) is 0 Å². The summed E-state index contributed by atoms with van der Waals surface area (Å²) < 4.78 is 28.9. The van der Waals surface area contributed by atoms with Crippen molar-refractivity contribution in [3.63, 3.8) is 0 Å². The van der Waals surface area contributed by atoms with Crippen LogP contribution in [0.15, 0.2) is 24.3 Å². The van der Waals surface area contributed by atoms with Gasteiger partial charge in [0.2, 0.25) is 11.8 Å². The summed E-state index contributed by atoms with van der Waals surface area (Å²) >= 11 is 0. The molecule has 0 radical (unpaired) electrons. The second-order valence-corrected chi connectivity index (χ2v) is 6.73. The molecule has 26 heavy (non-hydrogen) atoms. The topological polar surface area (TPSA) is 67.4 Å². The maximum absolute atomic E-state index is 12.3. The van der Waals surface area contributed by atoms with Gasteiger partial charge in [0.1, 0.15) is 5.75 Å². The summed E-state index contributed by atoms with van der Waals surface area (Å²) in [4.78, 5) is 23.9. The van der Waals surface area contributed by atoms with Crippen LogP contribution in [0.25, 0.3) is 0 Å². The molecule has 0 unspecified atom stereocenters. The van der Waals surface area contributed by atoms with Gasteiger partial charge in [0.15, 0.2) is 0 Å². The molecule has 1 aliphatic rings. The maximum Gasteiger partial charge on any atom is 0.387 e. The SMILES string of the molecule is C[C@@H](NC(=O)CNC(=O)CC1CCCCC1)c1cccc(OC(F)F)c1. The van der Waals surface area contributed by atoms with E-state index in [2.05, 4.69) is 15.4 Å². The second-order valence-electron chi connectivity index (χ2n) is 6.73. The minimum Gasteiger partial charge on any atom is -0.435 e. The molecule has 7 heteroatoms. The van der Waals surface area contributed by atoms with Crippen molar-refractivity contribution in [3.05, 3.63) is 29.8 Å². The van der Waals surface area contributed by atoms with Crippen LogP contribution < -0.4 is 15.4 Å². The second kappa shape index (κ2) is 10.1. The molecule has 1 aromatic rings. The number of hydrogen-bond acceptors (Lipinski definition) is 3. The number of nitrogens with one attached hydrogen (secondary N) is 2. The number of hydrogen-bond donors (Lipinski definition) is 2. The lowest BCUT2D eigenvalue weighted by molar-refractivity contribution is -0.127. The molecule has 0 aliphatic heterocycles. The molecule has 1 atom stereocenters. The first-order valence-electron chi connectivity index (χ1n) is 9.05. The molecule has 1 aromatic carbocycles. The predicted octanol–water partition coefficient (Wildman–Crippen LogP) is 3.55. The van der Waals surface area contributed by atoms with E-state index in [1.54, 1.807) is 19.1 Å². The molecule has 0 aromatic heterocycles. The van der Waals surface area contributed by atoms with Gasteiger partial charge in [-0.3, -0.25) is 9.59 Å². The molecule has 144 valence electrons. The van der Waals surface area contributed by atoms with Crippen LogP contribution >= 0.6 is 0 Å². The van der Waals surface area contributed by atoms with Crippen LogP contribution in [-0.2, 0) is 9.59 Å². The number of ether oxygens (including phenoxy) is 1. The fraction of sp³-hybridized carbons (Fsp3) is 0.579. The van der Waals surface area contributed by atoms with Crippen molar-refractivity contribution in [1.29, 1.82) is 0 Å². The molecular weight excluding hydrogens is 342 g/mol. The van der Waals surface area contributed by atoms with Crippen LogP contribution in [0.1, 0.15) is 57.1 Å². The zero-order valence-electron chi connectivity index (χ0n) is 15.0. The summed E-state index contributed by atoms with van der Waals surface area (Å²) in [5, 5.41) is 5.39. The number of benzene rings is 1. The summed E-state index contributed by atoms with van der Waals surface area (Å²) in [6.45, 7) is -1.25. The third-order valence-electron chi connectivity index (χ3n) is 4.61. The predicted molar refractivity (Wildman–Crippen MR) is 93.8 cm³/mol. The Labute approximate surface area is 152 Å². The standard InChI is InChI=1S/C19H26F2N2O3/c1-13(15-8-5-9-16(11-15)26-19(20)21)23-18(25)12-22-17(24)10-14-6-3-2-4-7-14/h5,8-9,11,13-14,19H,2-4,6-7,10,12H2,1H3,(H,22,24)(H,23,25)/t13-/m1/s1. The number of halogens is 2. The molecular formula is C19H26F2N2O3. The minimum absolute atomic E-state index is 0.0411. The Hall–Kier alpha value is -2.18. The Morgan fingerprint density at radius 3 is 2.62 bits per heavy atom. The van der Waals surface area contributed by atoms with Crippen LogP contribution in [0.3, 0.4) is 0 Å². The zero-order valence-corrected chi connectivity index (χ0v) is 15.0. The highest BCUT2D eigenvalue weighted by atomic mass is 19.3. The first-order valence-corrected chi connectivity index (χ1v) is 9.05. The third kappa shape index (κ3) is 6.98. The van der Waals surface area contributed by atoms with Crippen molar-refractivity contribution in [3.8, 4) is 5.75 Å². The van der Waals surface area contributed by atoms with Gasteiger partial charge in [0.05, 0.1) is 12.6 Å². The van der Waals surface area contributed by atoms with Crippen LogP contribution in [0.2, 0.25) is 0 Å². The summed E-state index contributed by atoms with van der Waals surface area (Å²) in [7, 11) is 0. The van der Waals surface area contributed by atoms with Crippen molar-refractivity contribution in [1.82, 2.24) is 10.6 Å². The molecule has 0 saturated heterocycles. The molecule has 2 N–H and O–H groups in total. The summed E-state index contributed by atoms with van der Waals surface area (Å²) in [6, 6.07) is 5.79. The van der Waals surface area contributed by atoms with Gasteiger partial charge in [-0.1, -0.05) is 31.4 Å². The molecule has 1 aliphatic carbocycles. The Kier molecular flexibility index (Phi) is 7.81.